The summed E-state index contributed by atoms with van der Waals surface area (Å²) in [5.74, 6) is -0.750. The van der Waals surface area contributed by atoms with Gasteiger partial charge in [-0.3, -0.25) is 14.9 Å². The first-order chi connectivity index (χ1) is 15.4. The molecule has 32 heavy (non-hydrogen) atoms. The van der Waals surface area contributed by atoms with Crippen molar-refractivity contribution in [3.05, 3.63) is 100 Å². The molecular formula is C25H19BrN2O4. The Labute approximate surface area is 193 Å². The second-order valence-corrected chi connectivity index (χ2v) is 8.09. The van der Waals surface area contributed by atoms with Crippen molar-refractivity contribution in [1.82, 2.24) is 5.32 Å². The van der Waals surface area contributed by atoms with E-state index < -0.39 is 17.8 Å². The zero-order valence-corrected chi connectivity index (χ0v) is 18.7. The monoisotopic (exact) mass is 490 g/mol. The number of imide groups is 2. The van der Waals surface area contributed by atoms with Gasteiger partial charge in [-0.15, -0.1) is 0 Å². The second kappa shape index (κ2) is 9.20. The average Bonchev–Trinajstić information content (AvgIpc) is 2.79. The second-order valence-electron chi connectivity index (χ2n) is 7.17. The van der Waals surface area contributed by atoms with Crippen LogP contribution in [0.15, 0.2) is 88.9 Å². The van der Waals surface area contributed by atoms with Crippen molar-refractivity contribution in [2.75, 3.05) is 4.90 Å². The molecule has 1 heterocycles. The molecule has 4 rings (SSSR count). The summed E-state index contributed by atoms with van der Waals surface area (Å²) in [6.07, 6.45) is 1.33. The van der Waals surface area contributed by atoms with Crippen molar-refractivity contribution >= 4 is 45.5 Å². The highest BCUT2D eigenvalue weighted by Crippen LogP contribution is 2.25. The van der Waals surface area contributed by atoms with Crippen LogP contribution in [-0.4, -0.2) is 17.8 Å². The van der Waals surface area contributed by atoms with Crippen LogP contribution in [0.3, 0.4) is 0 Å². The summed E-state index contributed by atoms with van der Waals surface area (Å²) in [6.45, 7) is 1.96. The number of rotatable bonds is 5. The minimum atomic E-state index is -0.780. The van der Waals surface area contributed by atoms with Gasteiger partial charge in [0.25, 0.3) is 11.8 Å². The fourth-order valence-electron chi connectivity index (χ4n) is 3.29. The van der Waals surface area contributed by atoms with Gasteiger partial charge in [-0.25, -0.2) is 9.69 Å². The molecule has 0 saturated carbocycles. The van der Waals surface area contributed by atoms with Crippen LogP contribution < -0.4 is 15.0 Å². The number of nitrogens with zero attached hydrogens (tertiary/aromatic N) is 1. The minimum Gasteiger partial charge on any atom is -0.486 e. The van der Waals surface area contributed by atoms with Crippen LogP contribution in [0.25, 0.3) is 6.08 Å². The third kappa shape index (κ3) is 4.63. The van der Waals surface area contributed by atoms with E-state index >= 15 is 0 Å². The quantitative estimate of drug-likeness (QED) is 0.391. The third-order valence-electron chi connectivity index (χ3n) is 4.96. The van der Waals surface area contributed by atoms with Gasteiger partial charge in [0.1, 0.15) is 17.4 Å². The van der Waals surface area contributed by atoms with E-state index in [-0.39, 0.29) is 11.7 Å². The topological polar surface area (TPSA) is 75.7 Å². The first-order valence-corrected chi connectivity index (χ1v) is 10.7. The van der Waals surface area contributed by atoms with Crippen LogP contribution in [0.2, 0.25) is 0 Å². The number of anilines is 1. The largest absolute Gasteiger partial charge is 0.486 e. The maximum atomic E-state index is 12.9. The van der Waals surface area contributed by atoms with E-state index in [1.54, 1.807) is 48.5 Å². The summed E-state index contributed by atoms with van der Waals surface area (Å²) >= 11 is 3.32. The Morgan fingerprint density at radius 2 is 1.56 bits per heavy atom. The fraction of sp³-hybridized carbons (Fsp3) is 0.0800. The molecule has 1 N–H and O–H groups in total. The van der Waals surface area contributed by atoms with Crippen molar-refractivity contribution in [2.45, 2.75) is 13.0 Å². The summed E-state index contributed by atoms with van der Waals surface area (Å²) in [6, 6.07) is 22.8. The summed E-state index contributed by atoms with van der Waals surface area (Å²) < 4.78 is 6.77. The van der Waals surface area contributed by atoms with Crippen molar-refractivity contribution < 1.29 is 19.1 Å². The number of ether oxygens (including phenoxy) is 1. The number of halogens is 1. The Bertz CT molecular complexity index is 1190. The van der Waals surface area contributed by atoms with Gasteiger partial charge in [0.15, 0.2) is 0 Å². The zero-order valence-electron chi connectivity index (χ0n) is 17.1. The number of carbonyl (C=O) groups excluding carboxylic acids is 3. The number of hydrogen-bond donors (Lipinski definition) is 1. The van der Waals surface area contributed by atoms with Gasteiger partial charge in [-0.05, 0) is 60.5 Å². The Kier molecular flexibility index (Phi) is 6.18. The number of hydrogen-bond acceptors (Lipinski definition) is 4. The summed E-state index contributed by atoms with van der Waals surface area (Å²) in [5.41, 5.74) is 1.93. The van der Waals surface area contributed by atoms with Crippen LogP contribution in [0.1, 0.15) is 24.2 Å². The molecule has 1 fully saturated rings. The number of nitrogens with one attached hydrogen (secondary N) is 1. The van der Waals surface area contributed by atoms with Gasteiger partial charge in [0.2, 0.25) is 0 Å². The SMILES string of the molecule is CC(Oc1ccc(/C=C2/C(=O)NC(=O)N(c3ccc(Br)cc3)C2=O)cc1)c1ccccc1. The predicted molar refractivity (Wildman–Crippen MR) is 125 cm³/mol. The molecule has 1 aliphatic rings. The van der Waals surface area contributed by atoms with Gasteiger partial charge in [-0.2, -0.15) is 0 Å². The van der Waals surface area contributed by atoms with Crippen LogP contribution in [0.5, 0.6) is 5.75 Å². The van der Waals surface area contributed by atoms with Crippen molar-refractivity contribution in [3.63, 3.8) is 0 Å². The van der Waals surface area contributed by atoms with Crippen LogP contribution in [0, 0.1) is 0 Å². The van der Waals surface area contributed by atoms with Crippen LogP contribution in [-0.2, 0) is 9.59 Å². The molecule has 4 amide bonds. The molecule has 3 aromatic carbocycles. The van der Waals surface area contributed by atoms with Gasteiger partial charge < -0.3 is 4.74 Å². The van der Waals surface area contributed by atoms with Crippen LogP contribution in [0.4, 0.5) is 10.5 Å². The van der Waals surface area contributed by atoms with E-state index in [9.17, 15) is 14.4 Å². The molecular weight excluding hydrogens is 472 g/mol. The standard InChI is InChI=1S/C25H19BrN2O4/c1-16(18-5-3-2-4-6-18)32-21-13-7-17(8-14-21)15-22-23(29)27-25(31)28(24(22)30)20-11-9-19(26)10-12-20/h2-16H,1H3,(H,27,29,31)/b22-15-. The predicted octanol–water partition coefficient (Wildman–Crippen LogP) is 5.26. The molecule has 1 saturated heterocycles. The lowest BCUT2D eigenvalue weighted by Crippen LogP contribution is -2.54. The van der Waals surface area contributed by atoms with Gasteiger partial charge in [0.05, 0.1) is 5.69 Å². The Balaban J connectivity index is 1.54. The Hall–Kier alpha value is -3.71. The number of urea groups is 1. The molecule has 0 spiro atoms. The minimum absolute atomic E-state index is 0.126. The molecule has 3 aromatic rings. The van der Waals surface area contributed by atoms with Gasteiger partial charge in [0, 0.05) is 4.47 Å². The highest BCUT2D eigenvalue weighted by atomic mass is 79.9. The van der Waals surface area contributed by atoms with E-state index in [1.165, 1.54) is 6.08 Å². The molecule has 6 nitrogen and oxygen atoms in total. The summed E-state index contributed by atoms with van der Waals surface area (Å²) in [7, 11) is 0. The summed E-state index contributed by atoms with van der Waals surface area (Å²) in [5, 5.41) is 2.22. The lowest BCUT2D eigenvalue weighted by molar-refractivity contribution is -0.122. The molecule has 0 bridgehead atoms. The van der Waals surface area contributed by atoms with Crippen molar-refractivity contribution in [2.24, 2.45) is 0 Å². The van der Waals surface area contributed by atoms with E-state index in [0.29, 0.717) is 17.0 Å². The van der Waals surface area contributed by atoms with Crippen molar-refractivity contribution in [3.8, 4) is 5.75 Å². The van der Waals surface area contributed by atoms with Crippen LogP contribution >= 0.6 is 15.9 Å². The highest BCUT2D eigenvalue weighted by molar-refractivity contribution is 9.10. The van der Waals surface area contributed by atoms with Crippen molar-refractivity contribution in [1.29, 1.82) is 0 Å². The maximum Gasteiger partial charge on any atom is 0.335 e. The fourth-order valence-corrected chi connectivity index (χ4v) is 3.55. The highest BCUT2D eigenvalue weighted by Gasteiger charge is 2.36. The maximum absolute atomic E-state index is 12.9. The average molecular weight is 491 g/mol. The molecule has 1 unspecified atom stereocenters. The molecule has 0 radical (unpaired) electrons. The van der Waals surface area contributed by atoms with E-state index in [4.69, 9.17) is 4.74 Å². The van der Waals surface area contributed by atoms with Gasteiger partial charge >= 0.3 is 6.03 Å². The van der Waals surface area contributed by atoms with Gasteiger partial charge in [-0.1, -0.05) is 58.4 Å². The smallest absolute Gasteiger partial charge is 0.335 e. The normalized spacial score (nSPS) is 16.1. The molecule has 0 aromatic heterocycles. The first kappa shape index (κ1) is 21.5. The summed E-state index contributed by atoms with van der Waals surface area (Å²) in [4.78, 5) is 38.5. The molecule has 1 atom stereocenters. The lowest BCUT2D eigenvalue weighted by atomic mass is 10.1. The number of benzene rings is 3. The molecule has 0 aliphatic carbocycles. The molecule has 7 heteroatoms. The molecule has 160 valence electrons. The van der Waals surface area contributed by atoms with E-state index in [0.717, 1.165) is 14.9 Å². The number of carbonyl (C=O) groups is 3. The Morgan fingerprint density at radius 3 is 2.22 bits per heavy atom. The first-order valence-electron chi connectivity index (χ1n) is 9.91. The lowest BCUT2D eigenvalue weighted by Gasteiger charge is -2.26. The van der Waals surface area contributed by atoms with E-state index in [1.807, 2.05) is 37.3 Å². The molecule has 1 aliphatic heterocycles. The third-order valence-corrected chi connectivity index (χ3v) is 5.49. The van der Waals surface area contributed by atoms with E-state index in [2.05, 4.69) is 21.2 Å². The Morgan fingerprint density at radius 1 is 0.906 bits per heavy atom. The zero-order chi connectivity index (χ0) is 22.7. The number of barbiturate groups is 1. The number of amides is 4.